The maximum Gasteiger partial charge on any atom is 0.338 e. The van der Waals surface area contributed by atoms with Crippen LogP contribution in [0.2, 0.25) is 0 Å². The van der Waals surface area contributed by atoms with Gasteiger partial charge in [-0.1, -0.05) is 49.2 Å². The second-order valence-electron chi connectivity index (χ2n) is 8.33. The number of esters is 1. The van der Waals surface area contributed by atoms with Crippen molar-refractivity contribution in [3.05, 3.63) is 76.8 Å². The number of anilines is 1. The van der Waals surface area contributed by atoms with Crippen molar-refractivity contribution in [2.45, 2.75) is 53.2 Å². The summed E-state index contributed by atoms with van der Waals surface area (Å²) in [5.74, 6) is 1.47. The molecule has 0 fully saturated rings. The first-order chi connectivity index (χ1) is 17.0. The van der Waals surface area contributed by atoms with Gasteiger partial charge in [-0.25, -0.2) is 9.48 Å². The van der Waals surface area contributed by atoms with Crippen LogP contribution in [0.3, 0.4) is 0 Å². The van der Waals surface area contributed by atoms with Crippen molar-refractivity contribution in [3.8, 4) is 11.5 Å². The van der Waals surface area contributed by atoms with Crippen molar-refractivity contribution in [1.29, 1.82) is 0 Å². The lowest BCUT2D eigenvalue weighted by Gasteiger charge is -2.29. The summed E-state index contributed by atoms with van der Waals surface area (Å²) in [4.78, 5) is 17.5. The van der Waals surface area contributed by atoms with Gasteiger partial charge in [0.05, 0.1) is 18.8 Å². The molecule has 0 saturated heterocycles. The number of aromatic nitrogens is 3. The number of fused-ring (bicyclic) bond motifs is 1. The third kappa shape index (κ3) is 5.31. The topological polar surface area (TPSA) is 87.5 Å². The zero-order valence-electron chi connectivity index (χ0n) is 20.7. The molecular formula is C27H32N4O4. The first kappa shape index (κ1) is 24.3. The Balaban J connectivity index is 1.72. The van der Waals surface area contributed by atoms with Gasteiger partial charge in [0.1, 0.15) is 19.0 Å². The molecule has 0 spiro atoms. The lowest BCUT2D eigenvalue weighted by Crippen LogP contribution is -2.30. The Hall–Kier alpha value is -3.81. The van der Waals surface area contributed by atoms with E-state index in [1.54, 1.807) is 11.6 Å². The third-order valence-corrected chi connectivity index (χ3v) is 5.77. The van der Waals surface area contributed by atoms with Gasteiger partial charge in [0.25, 0.3) is 0 Å². The van der Waals surface area contributed by atoms with Gasteiger partial charge in [0.2, 0.25) is 5.95 Å². The fourth-order valence-electron chi connectivity index (χ4n) is 4.14. The zero-order valence-corrected chi connectivity index (χ0v) is 20.7. The molecule has 0 aliphatic carbocycles. The first-order valence-corrected chi connectivity index (χ1v) is 12.1. The lowest BCUT2D eigenvalue weighted by atomic mass is 9.93. The van der Waals surface area contributed by atoms with Gasteiger partial charge >= 0.3 is 5.97 Å². The Morgan fingerprint density at radius 1 is 1.03 bits per heavy atom. The molecule has 1 N–H and O–H groups in total. The number of rotatable bonds is 10. The summed E-state index contributed by atoms with van der Waals surface area (Å²) < 4.78 is 19.2. The van der Waals surface area contributed by atoms with Crippen molar-refractivity contribution in [3.63, 3.8) is 0 Å². The van der Waals surface area contributed by atoms with Crippen LogP contribution in [0.15, 0.2) is 60.1 Å². The molecule has 1 aliphatic heterocycles. The van der Waals surface area contributed by atoms with E-state index in [0.29, 0.717) is 42.7 Å². The van der Waals surface area contributed by atoms with E-state index in [1.165, 1.54) is 11.9 Å². The van der Waals surface area contributed by atoms with Crippen molar-refractivity contribution < 1.29 is 19.0 Å². The van der Waals surface area contributed by atoms with E-state index in [9.17, 15) is 4.79 Å². The van der Waals surface area contributed by atoms with Gasteiger partial charge in [-0.3, -0.25) is 0 Å². The van der Waals surface area contributed by atoms with Crippen molar-refractivity contribution in [2.24, 2.45) is 0 Å². The van der Waals surface area contributed by atoms with Crippen LogP contribution >= 0.6 is 0 Å². The number of nitrogens with zero attached hydrogens (tertiary/aromatic N) is 3. The smallest absolute Gasteiger partial charge is 0.338 e. The van der Waals surface area contributed by atoms with Crippen LogP contribution in [0.5, 0.6) is 11.5 Å². The minimum Gasteiger partial charge on any atom is -0.490 e. The van der Waals surface area contributed by atoms with Gasteiger partial charge < -0.3 is 19.5 Å². The lowest BCUT2D eigenvalue weighted by molar-refractivity contribution is -0.139. The van der Waals surface area contributed by atoms with Gasteiger partial charge in [0, 0.05) is 5.70 Å². The van der Waals surface area contributed by atoms with E-state index in [4.69, 9.17) is 14.2 Å². The van der Waals surface area contributed by atoms with Crippen molar-refractivity contribution in [2.75, 3.05) is 18.5 Å². The summed E-state index contributed by atoms with van der Waals surface area (Å²) in [6.07, 6.45) is 3.03. The highest BCUT2D eigenvalue weighted by Gasteiger charge is 2.35. The molecule has 3 aromatic rings. The van der Waals surface area contributed by atoms with Gasteiger partial charge in [-0.15, -0.1) is 0 Å². The SMILES string of the molecule is CCCC1=C(C(=O)OCC)[C@@H](c2ccc(OCc3ccc(C)cc3)c(OCC)c2)n2ncnc2N1. The standard InChI is InChI=1S/C27H32N4O4/c1-5-8-21-24(26(32)34-7-3)25(31-27(30-21)28-17-29-31)20-13-14-22(23(15-20)33-6-2)35-16-19-11-9-18(4)10-12-19/h9-15,17,25H,5-8,16H2,1-4H3,(H,28,29,30)/t25-/m1/s1. The van der Waals surface area contributed by atoms with Crippen molar-refractivity contribution >= 4 is 11.9 Å². The van der Waals surface area contributed by atoms with Crippen LogP contribution in [0.1, 0.15) is 56.3 Å². The summed E-state index contributed by atoms with van der Waals surface area (Å²) in [5, 5.41) is 7.68. The Bertz CT molecular complexity index is 1200. The molecule has 1 atom stereocenters. The van der Waals surface area contributed by atoms with Crippen LogP contribution in [-0.2, 0) is 16.1 Å². The number of nitrogens with one attached hydrogen (secondary N) is 1. The molecule has 35 heavy (non-hydrogen) atoms. The van der Waals surface area contributed by atoms with Crippen LogP contribution in [-0.4, -0.2) is 33.9 Å². The monoisotopic (exact) mass is 476 g/mol. The molecule has 0 radical (unpaired) electrons. The number of aryl methyl sites for hydroxylation is 1. The van der Waals surface area contributed by atoms with E-state index >= 15 is 0 Å². The molecule has 0 unspecified atom stereocenters. The molecule has 1 aliphatic rings. The maximum atomic E-state index is 13.1. The molecule has 0 bridgehead atoms. The minimum atomic E-state index is -0.500. The van der Waals surface area contributed by atoms with Gasteiger partial charge in [-0.2, -0.15) is 10.1 Å². The highest BCUT2D eigenvalue weighted by molar-refractivity contribution is 5.92. The second kappa shape index (κ2) is 11.1. The first-order valence-electron chi connectivity index (χ1n) is 12.1. The molecule has 0 saturated carbocycles. The molecule has 184 valence electrons. The van der Waals surface area contributed by atoms with Crippen LogP contribution in [0.4, 0.5) is 5.95 Å². The molecular weight excluding hydrogens is 444 g/mol. The number of hydrogen-bond donors (Lipinski definition) is 1. The second-order valence-corrected chi connectivity index (χ2v) is 8.33. The van der Waals surface area contributed by atoms with Gasteiger partial charge in [-0.05, 0) is 50.5 Å². The number of hydrogen-bond acceptors (Lipinski definition) is 7. The zero-order chi connectivity index (χ0) is 24.8. The highest BCUT2D eigenvalue weighted by Crippen LogP contribution is 2.40. The molecule has 2 aromatic carbocycles. The Labute approximate surface area is 205 Å². The third-order valence-electron chi connectivity index (χ3n) is 5.77. The Morgan fingerprint density at radius 3 is 2.54 bits per heavy atom. The maximum absolute atomic E-state index is 13.1. The van der Waals surface area contributed by atoms with E-state index < -0.39 is 6.04 Å². The number of benzene rings is 2. The Morgan fingerprint density at radius 2 is 1.83 bits per heavy atom. The molecule has 4 rings (SSSR count). The van der Waals surface area contributed by atoms with E-state index in [-0.39, 0.29) is 12.6 Å². The fourth-order valence-corrected chi connectivity index (χ4v) is 4.14. The number of carbonyl (C=O) groups is 1. The molecule has 0 amide bonds. The van der Waals surface area contributed by atoms with E-state index in [0.717, 1.165) is 23.2 Å². The summed E-state index contributed by atoms with van der Waals surface area (Å²) in [6, 6.07) is 13.5. The normalized spacial score (nSPS) is 14.8. The summed E-state index contributed by atoms with van der Waals surface area (Å²) in [6.45, 7) is 9.05. The van der Waals surface area contributed by atoms with Crippen molar-refractivity contribution in [1.82, 2.24) is 14.8 Å². The predicted molar refractivity (Wildman–Crippen MR) is 133 cm³/mol. The van der Waals surface area contributed by atoms with E-state index in [1.807, 2.05) is 25.1 Å². The highest BCUT2D eigenvalue weighted by atomic mass is 16.5. The fraction of sp³-hybridized carbons (Fsp3) is 0.370. The van der Waals surface area contributed by atoms with Gasteiger partial charge in [0.15, 0.2) is 11.5 Å². The van der Waals surface area contributed by atoms with Crippen LogP contribution < -0.4 is 14.8 Å². The summed E-state index contributed by atoms with van der Waals surface area (Å²) in [5.41, 5.74) is 4.44. The summed E-state index contributed by atoms with van der Waals surface area (Å²) in [7, 11) is 0. The average Bonchev–Trinajstić information content (AvgIpc) is 3.32. The van der Waals surface area contributed by atoms with Crippen LogP contribution in [0, 0.1) is 6.92 Å². The molecule has 1 aromatic heterocycles. The number of ether oxygens (including phenoxy) is 3. The number of carbonyl (C=O) groups excluding carboxylic acids is 1. The van der Waals surface area contributed by atoms with E-state index in [2.05, 4.69) is 53.5 Å². The minimum absolute atomic E-state index is 0.286. The Kier molecular flexibility index (Phi) is 7.70. The molecule has 8 heteroatoms. The molecule has 2 heterocycles. The summed E-state index contributed by atoms with van der Waals surface area (Å²) >= 11 is 0. The molecule has 8 nitrogen and oxygen atoms in total. The largest absolute Gasteiger partial charge is 0.490 e. The quantitative estimate of drug-likeness (QED) is 0.403. The van der Waals surface area contributed by atoms with Crippen LogP contribution in [0.25, 0.3) is 0 Å². The number of allylic oxidation sites excluding steroid dienone is 1. The average molecular weight is 477 g/mol. The predicted octanol–water partition coefficient (Wildman–Crippen LogP) is 5.20.